The zero-order valence-corrected chi connectivity index (χ0v) is 12.0. The second kappa shape index (κ2) is 7.51. The van der Waals surface area contributed by atoms with Crippen molar-refractivity contribution in [2.75, 3.05) is 19.3 Å². The van der Waals surface area contributed by atoms with Crippen molar-refractivity contribution in [2.45, 2.75) is 12.8 Å². The first kappa shape index (κ1) is 14.4. The third-order valence-corrected chi connectivity index (χ3v) is 3.37. The summed E-state index contributed by atoms with van der Waals surface area (Å²) in [5.41, 5.74) is 10.5. The molecule has 3 N–H and O–H groups in total. The molecule has 0 aromatic heterocycles. The number of para-hydroxylation sites is 1. The molecular formula is C18H22N2. The Morgan fingerprint density at radius 3 is 2.35 bits per heavy atom. The van der Waals surface area contributed by atoms with Crippen LogP contribution in [-0.4, -0.2) is 13.6 Å². The number of nitrogen functional groups attached to an aromatic ring is 1. The molecule has 0 heterocycles. The highest BCUT2D eigenvalue weighted by atomic mass is 14.8. The van der Waals surface area contributed by atoms with Gasteiger partial charge >= 0.3 is 0 Å². The summed E-state index contributed by atoms with van der Waals surface area (Å²) < 4.78 is 0. The summed E-state index contributed by atoms with van der Waals surface area (Å²) in [6, 6.07) is 16.5. The summed E-state index contributed by atoms with van der Waals surface area (Å²) >= 11 is 0. The van der Waals surface area contributed by atoms with Crippen LogP contribution in [0, 0.1) is 0 Å². The van der Waals surface area contributed by atoms with Crippen molar-refractivity contribution in [1.82, 2.24) is 5.32 Å². The van der Waals surface area contributed by atoms with Gasteiger partial charge in [-0.2, -0.15) is 0 Å². The third-order valence-electron chi connectivity index (χ3n) is 3.37. The van der Waals surface area contributed by atoms with Gasteiger partial charge < -0.3 is 11.1 Å². The maximum absolute atomic E-state index is 5.96. The van der Waals surface area contributed by atoms with Gasteiger partial charge in [-0.25, -0.2) is 0 Å². The fraction of sp³-hybridized carbons (Fsp3) is 0.222. The van der Waals surface area contributed by atoms with Crippen LogP contribution in [0.3, 0.4) is 0 Å². The highest BCUT2D eigenvalue weighted by Gasteiger charge is 1.99. The lowest BCUT2D eigenvalue weighted by molar-refractivity contribution is 0.724. The first-order valence-electron chi connectivity index (χ1n) is 7.06. The molecule has 0 bridgehead atoms. The highest BCUT2D eigenvalue weighted by molar-refractivity contribution is 5.76. The molecule has 2 rings (SSSR count). The monoisotopic (exact) mass is 266 g/mol. The van der Waals surface area contributed by atoms with Gasteiger partial charge in [-0.3, -0.25) is 0 Å². The molecule has 0 saturated heterocycles. The number of hydrogen-bond acceptors (Lipinski definition) is 2. The smallest absolute Gasteiger partial charge is 0.0387 e. The van der Waals surface area contributed by atoms with Crippen LogP contribution < -0.4 is 11.1 Å². The van der Waals surface area contributed by atoms with E-state index in [4.69, 9.17) is 5.73 Å². The molecule has 2 aromatic carbocycles. The van der Waals surface area contributed by atoms with Crippen LogP contribution in [0.15, 0.2) is 48.5 Å². The Labute approximate surface area is 121 Å². The van der Waals surface area contributed by atoms with Gasteiger partial charge in [0.1, 0.15) is 0 Å². The van der Waals surface area contributed by atoms with Crippen LogP contribution in [0.1, 0.15) is 23.1 Å². The predicted molar refractivity (Wildman–Crippen MR) is 88.5 cm³/mol. The zero-order valence-electron chi connectivity index (χ0n) is 12.0. The molecule has 0 atom stereocenters. The van der Waals surface area contributed by atoms with Crippen LogP contribution in [0.5, 0.6) is 0 Å². The first-order valence-corrected chi connectivity index (χ1v) is 7.06. The number of nitrogens with one attached hydrogen (secondary N) is 1. The molecular weight excluding hydrogens is 244 g/mol. The summed E-state index contributed by atoms with van der Waals surface area (Å²) in [5.74, 6) is 0. The molecule has 0 amide bonds. The lowest BCUT2D eigenvalue weighted by atomic mass is 10.0. The molecule has 0 radical (unpaired) electrons. The van der Waals surface area contributed by atoms with E-state index in [1.807, 2.05) is 31.3 Å². The predicted octanol–water partition coefficient (Wildman–Crippen LogP) is 3.59. The Kier molecular flexibility index (Phi) is 5.39. The Balaban J connectivity index is 2.14. The Morgan fingerprint density at radius 2 is 1.60 bits per heavy atom. The Bertz CT molecular complexity index is 573. The SMILES string of the molecule is CNCCCc1ccccc1/C=C\c1ccccc1N. The quantitative estimate of drug-likeness (QED) is 0.476. The van der Waals surface area contributed by atoms with Crippen molar-refractivity contribution < 1.29 is 0 Å². The van der Waals surface area contributed by atoms with Gasteiger partial charge in [0.15, 0.2) is 0 Å². The second-order valence-corrected chi connectivity index (χ2v) is 4.87. The molecule has 0 aliphatic rings. The summed E-state index contributed by atoms with van der Waals surface area (Å²) in [4.78, 5) is 0. The van der Waals surface area contributed by atoms with E-state index in [9.17, 15) is 0 Å². The minimum absolute atomic E-state index is 0.816. The first-order chi connectivity index (χ1) is 9.81. The molecule has 2 aromatic rings. The second-order valence-electron chi connectivity index (χ2n) is 4.87. The number of anilines is 1. The molecule has 2 heteroatoms. The van der Waals surface area contributed by atoms with E-state index >= 15 is 0 Å². The average Bonchev–Trinajstić information content (AvgIpc) is 2.48. The fourth-order valence-electron chi connectivity index (χ4n) is 2.22. The van der Waals surface area contributed by atoms with Gasteiger partial charge in [-0.1, -0.05) is 54.6 Å². The van der Waals surface area contributed by atoms with Crippen molar-refractivity contribution in [2.24, 2.45) is 0 Å². The van der Waals surface area contributed by atoms with E-state index in [1.165, 1.54) is 11.1 Å². The van der Waals surface area contributed by atoms with Gasteiger partial charge in [-0.15, -0.1) is 0 Å². The summed E-state index contributed by atoms with van der Waals surface area (Å²) in [6.45, 7) is 1.05. The maximum atomic E-state index is 5.96. The molecule has 0 unspecified atom stereocenters. The molecule has 0 aliphatic heterocycles. The summed E-state index contributed by atoms with van der Waals surface area (Å²) in [5, 5.41) is 3.19. The zero-order chi connectivity index (χ0) is 14.2. The molecule has 20 heavy (non-hydrogen) atoms. The molecule has 2 nitrogen and oxygen atoms in total. The van der Waals surface area contributed by atoms with Gasteiger partial charge in [0.05, 0.1) is 0 Å². The van der Waals surface area contributed by atoms with Crippen LogP contribution in [0.2, 0.25) is 0 Å². The van der Waals surface area contributed by atoms with Crippen molar-refractivity contribution >= 4 is 17.8 Å². The minimum Gasteiger partial charge on any atom is -0.398 e. The molecule has 0 spiro atoms. The number of aryl methyl sites for hydroxylation is 1. The molecule has 0 saturated carbocycles. The number of rotatable bonds is 6. The van der Waals surface area contributed by atoms with Crippen molar-refractivity contribution in [3.63, 3.8) is 0 Å². The van der Waals surface area contributed by atoms with E-state index in [-0.39, 0.29) is 0 Å². The number of hydrogen-bond donors (Lipinski definition) is 2. The Hall–Kier alpha value is -2.06. The van der Waals surface area contributed by atoms with E-state index in [2.05, 4.69) is 41.7 Å². The lowest BCUT2D eigenvalue weighted by Gasteiger charge is -2.06. The van der Waals surface area contributed by atoms with Crippen molar-refractivity contribution in [1.29, 1.82) is 0 Å². The molecule has 104 valence electrons. The van der Waals surface area contributed by atoms with E-state index in [0.717, 1.165) is 30.6 Å². The van der Waals surface area contributed by atoms with E-state index in [1.54, 1.807) is 0 Å². The summed E-state index contributed by atoms with van der Waals surface area (Å²) in [7, 11) is 1.99. The van der Waals surface area contributed by atoms with Crippen LogP contribution in [-0.2, 0) is 6.42 Å². The minimum atomic E-state index is 0.816. The third kappa shape index (κ3) is 3.97. The molecule has 0 aliphatic carbocycles. The van der Waals surface area contributed by atoms with Crippen LogP contribution in [0.25, 0.3) is 12.2 Å². The molecule has 0 fully saturated rings. The van der Waals surface area contributed by atoms with E-state index < -0.39 is 0 Å². The van der Waals surface area contributed by atoms with E-state index in [0.29, 0.717) is 0 Å². The summed E-state index contributed by atoms with van der Waals surface area (Å²) in [6.07, 6.45) is 6.48. The standard InChI is InChI=1S/C18H22N2/c1-20-14-6-10-15-7-2-3-8-16(15)12-13-17-9-4-5-11-18(17)19/h2-5,7-9,11-13,20H,6,10,14,19H2,1H3/b13-12-. The lowest BCUT2D eigenvalue weighted by Crippen LogP contribution is -2.08. The fourth-order valence-corrected chi connectivity index (χ4v) is 2.22. The van der Waals surface area contributed by atoms with Crippen LogP contribution in [0.4, 0.5) is 5.69 Å². The van der Waals surface area contributed by atoms with Gasteiger partial charge in [0.25, 0.3) is 0 Å². The normalized spacial score (nSPS) is 11.1. The topological polar surface area (TPSA) is 38.0 Å². The number of nitrogens with two attached hydrogens (primary N) is 1. The maximum Gasteiger partial charge on any atom is 0.0387 e. The average molecular weight is 266 g/mol. The number of benzene rings is 2. The van der Waals surface area contributed by atoms with Gasteiger partial charge in [0, 0.05) is 5.69 Å². The highest BCUT2D eigenvalue weighted by Crippen LogP contribution is 2.17. The van der Waals surface area contributed by atoms with Gasteiger partial charge in [-0.05, 0) is 49.2 Å². The van der Waals surface area contributed by atoms with Crippen LogP contribution >= 0.6 is 0 Å². The van der Waals surface area contributed by atoms with Gasteiger partial charge in [0.2, 0.25) is 0 Å². The van der Waals surface area contributed by atoms with Crippen molar-refractivity contribution in [3.8, 4) is 0 Å². The largest absolute Gasteiger partial charge is 0.398 e. The van der Waals surface area contributed by atoms with Crippen molar-refractivity contribution in [3.05, 3.63) is 65.2 Å². The Morgan fingerprint density at radius 1 is 0.950 bits per heavy atom.